The molecule has 0 bridgehead atoms. The summed E-state index contributed by atoms with van der Waals surface area (Å²) in [6.07, 6.45) is 1.81. The van der Waals surface area contributed by atoms with E-state index >= 15 is 0 Å². The van der Waals surface area contributed by atoms with Crippen LogP contribution in [0, 0.1) is 0 Å². The second-order valence-corrected chi connectivity index (χ2v) is 3.84. The molecule has 0 aliphatic carbocycles. The van der Waals surface area contributed by atoms with Crippen molar-refractivity contribution in [2.75, 3.05) is 17.6 Å². The van der Waals surface area contributed by atoms with Crippen molar-refractivity contribution in [2.45, 2.75) is 18.9 Å². The molecule has 1 fully saturated rings. The monoisotopic (exact) mass is 213 g/mol. The van der Waals surface area contributed by atoms with Crippen LogP contribution in [-0.2, 0) is 4.79 Å². The van der Waals surface area contributed by atoms with Gasteiger partial charge in [0.25, 0.3) is 0 Å². The van der Waals surface area contributed by atoms with E-state index in [0.29, 0.717) is 5.13 Å². The number of amides is 1. The molecule has 14 heavy (non-hydrogen) atoms. The number of piperidine rings is 1. The van der Waals surface area contributed by atoms with Crippen LogP contribution in [0.25, 0.3) is 0 Å². The number of nitrogens with zero attached hydrogens (tertiary/aromatic N) is 2. The molecule has 0 aromatic carbocycles. The summed E-state index contributed by atoms with van der Waals surface area (Å²) in [5, 5.41) is 6.39. The van der Waals surface area contributed by atoms with Crippen LogP contribution in [0.15, 0.2) is 0 Å². The summed E-state index contributed by atoms with van der Waals surface area (Å²) in [4.78, 5) is 15.3. The highest BCUT2D eigenvalue weighted by atomic mass is 32.1. The van der Waals surface area contributed by atoms with Crippen LogP contribution in [0.2, 0.25) is 0 Å². The lowest BCUT2D eigenvalue weighted by Gasteiger charge is -2.21. The maximum Gasteiger partial charge on any atom is 0.242 e. The van der Waals surface area contributed by atoms with Crippen molar-refractivity contribution in [3.63, 3.8) is 0 Å². The van der Waals surface area contributed by atoms with Gasteiger partial charge in [-0.1, -0.05) is 0 Å². The maximum absolute atomic E-state index is 11.4. The Labute approximate surface area is 85.1 Å². The molecule has 2 rings (SSSR count). The van der Waals surface area contributed by atoms with Crippen LogP contribution in [-0.4, -0.2) is 27.9 Å². The average molecular weight is 213 g/mol. The number of hydrogen-bond donors (Lipinski definition) is 3. The Morgan fingerprint density at radius 1 is 1.64 bits per heavy atom. The van der Waals surface area contributed by atoms with Gasteiger partial charge in [0.05, 0.1) is 0 Å². The maximum atomic E-state index is 11.4. The Morgan fingerprint density at radius 2 is 2.50 bits per heavy atom. The molecule has 1 saturated heterocycles. The van der Waals surface area contributed by atoms with Gasteiger partial charge in [-0.2, -0.15) is 9.36 Å². The van der Waals surface area contributed by atoms with Crippen molar-refractivity contribution in [3.8, 4) is 0 Å². The molecule has 7 heteroatoms. The van der Waals surface area contributed by atoms with Crippen LogP contribution >= 0.6 is 11.5 Å². The van der Waals surface area contributed by atoms with Gasteiger partial charge >= 0.3 is 0 Å². The quantitative estimate of drug-likeness (QED) is 0.633. The molecule has 1 aliphatic heterocycles. The number of carbonyl (C=O) groups excluding carboxylic acids is 1. The highest BCUT2D eigenvalue weighted by Gasteiger charge is 2.22. The van der Waals surface area contributed by atoms with Gasteiger partial charge in [0, 0.05) is 18.1 Å². The fourth-order valence-corrected chi connectivity index (χ4v) is 1.90. The summed E-state index contributed by atoms with van der Waals surface area (Å²) in [5.74, 6) is 0.263. The van der Waals surface area contributed by atoms with E-state index < -0.39 is 0 Å². The van der Waals surface area contributed by atoms with Gasteiger partial charge in [0.15, 0.2) is 0 Å². The van der Waals surface area contributed by atoms with Crippen molar-refractivity contribution in [1.29, 1.82) is 0 Å². The SMILES string of the molecule is Nc1nsc(NC2CCCNC2=O)n1. The van der Waals surface area contributed by atoms with E-state index in [4.69, 9.17) is 5.73 Å². The third kappa shape index (κ3) is 1.92. The summed E-state index contributed by atoms with van der Waals surface area (Å²) in [6.45, 7) is 0.759. The molecule has 1 amide bonds. The molecule has 1 aromatic heterocycles. The minimum Gasteiger partial charge on any atom is -0.367 e. The Morgan fingerprint density at radius 3 is 3.14 bits per heavy atom. The first-order chi connectivity index (χ1) is 6.75. The van der Waals surface area contributed by atoms with E-state index in [2.05, 4.69) is 20.0 Å². The lowest BCUT2D eigenvalue weighted by atomic mass is 10.1. The van der Waals surface area contributed by atoms with Gasteiger partial charge < -0.3 is 16.4 Å². The number of anilines is 2. The van der Waals surface area contributed by atoms with Crippen molar-refractivity contribution in [3.05, 3.63) is 0 Å². The van der Waals surface area contributed by atoms with E-state index in [1.807, 2.05) is 0 Å². The first-order valence-corrected chi connectivity index (χ1v) is 5.16. The third-order valence-corrected chi connectivity index (χ3v) is 2.69. The molecular weight excluding hydrogens is 202 g/mol. The second kappa shape index (κ2) is 3.79. The zero-order valence-corrected chi connectivity index (χ0v) is 8.30. The molecule has 4 N–H and O–H groups in total. The standard InChI is InChI=1S/C7H11N5OS/c8-6-11-7(14-12-6)10-4-2-1-3-9-5(4)13/h4H,1-3H2,(H,9,13)(H3,8,10,11,12). The number of hydrogen-bond acceptors (Lipinski definition) is 6. The van der Waals surface area contributed by atoms with Gasteiger partial charge in [-0.3, -0.25) is 4.79 Å². The van der Waals surface area contributed by atoms with Crippen LogP contribution in [0.5, 0.6) is 0 Å². The first-order valence-electron chi connectivity index (χ1n) is 4.39. The highest BCUT2D eigenvalue weighted by Crippen LogP contribution is 2.16. The zero-order valence-electron chi connectivity index (χ0n) is 7.49. The molecule has 6 nitrogen and oxygen atoms in total. The Bertz CT molecular complexity index is 339. The lowest BCUT2D eigenvalue weighted by molar-refractivity contribution is -0.123. The van der Waals surface area contributed by atoms with E-state index in [0.717, 1.165) is 19.4 Å². The molecule has 2 heterocycles. The van der Waals surface area contributed by atoms with Crippen LogP contribution in [0.1, 0.15) is 12.8 Å². The summed E-state index contributed by atoms with van der Waals surface area (Å²) >= 11 is 1.17. The van der Waals surface area contributed by atoms with Crippen molar-refractivity contribution in [1.82, 2.24) is 14.7 Å². The minimum atomic E-state index is -0.198. The van der Waals surface area contributed by atoms with Crippen LogP contribution in [0.4, 0.5) is 11.1 Å². The second-order valence-electron chi connectivity index (χ2n) is 3.09. The lowest BCUT2D eigenvalue weighted by Crippen LogP contribution is -2.44. The predicted molar refractivity (Wildman–Crippen MR) is 54.0 cm³/mol. The smallest absolute Gasteiger partial charge is 0.242 e. The zero-order chi connectivity index (χ0) is 9.97. The fraction of sp³-hybridized carbons (Fsp3) is 0.571. The Hall–Kier alpha value is -1.37. The van der Waals surface area contributed by atoms with Gasteiger partial charge in [-0.15, -0.1) is 0 Å². The number of nitrogens with one attached hydrogen (secondary N) is 2. The van der Waals surface area contributed by atoms with Crippen molar-refractivity contribution >= 4 is 28.5 Å². The molecule has 0 spiro atoms. The van der Waals surface area contributed by atoms with Gasteiger partial charge in [-0.05, 0) is 12.8 Å². The topological polar surface area (TPSA) is 92.9 Å². The van der Waals surface area contributed by atoms with Crippen LogP contribution in [0.3, 0.4) is 0 Å². The van der Waals surface area contributed by atoms with Crippen molar-refractivity contribution < 1.29 is 4.79 Å². The van der Waals surface area contributed by atoms with E-state index in [1.165, 1.54) is 11.5 Å². The molecular formula is C7H11N5OS. The fourth-order valence-electron chi connectivity index (χ4n) is 1.35. The van der Waals surface area contributed by atoms with E-state index in [9.17, 15) is 4.79 Å². The first kappa shape index (κ1) is 9.20. The van der Waals surface area contributed by atoms with E-state index in [1.54, 1.807) is 0 Å². The molecule has 76 valence electrons. The number of nitrogen functional groups attached to an aromatic ring is 1. The third-order valence-electron chi connectivity index (χ3n) is 2.02. The Balaban J connectivity index is 1.99. The molecule has 1 atom stereocenters. The molecule has 1 aliphatic rings. The number of aromatic nitrogens is 2. The van der Waals surface area contributed by atoms with Crippen LogP contribution < -0.4 is 16.4 Å². The normalized spacial score (nSPS) is 21.7. The van der Waals surface area contributed by atoms with Gasteiger partial charge in [0.1, 0.15) is 6.04 Å². The predicted octanol–water partition coefficient (Wildman–Crippen LogP) is -0.189. The van der Waals surface area contributed by atoms with E-state index in [-0.39, 0.29) is 17.9 Å². The highest BCUT2D eigenvalue weighted by molar-refractivity contribution is 7.09. The number of carbonyl (C=O) groups is 1. The van der Waals surface area contributed by atoms with Gasteiger partial charge in [-0.25, -0.2) is 0 Å². The molecule has 0 saturated carbocycles. The summed E-state index contributed by atoms with van der Waals surface area (Å²) < 4.78 is 3.82. The molecule has 1 aromatic rings. The number of nitrogens with two attached hydrogens (primary N) is 1. The molecule has 0 radical (unpaired) electrons. The number of rotatable bonds is 2. The summed E-state index contributed by atoms with van der Waals surface area (Å²) in [7, 11) is 0. The van der Waals surface area contributed by atoms with Crippen molar-refractivity contribution in [2.24, 2.45) is 0 Å². The Kier molecular flexibility index (Phi) is 2.49. The summed E-state index contributed by atoms with van der Waals surface area (Å²) in [6, 6.07) is -0.198. The summed E-state index contributed by atoms with van der Waals surface area (Å²) in [5.41, 5.74) is 5.37. The minimum absolute atomic E-state index is 0.0185. The molecule has 1 unspecified atom stereocenters. The van der Waals surface area contributed by atoms with Gasteiger partial charge in [0.2, 0.25) is 17.0 Å². The largest absolute Gasteiger partial charge is 0.367 e. The average Bonchev–Trinajstić information content (AvgIpc) is 2.56.